The molecule has 0 saturated carbocycles. The normalized spacial score (nSPS) is 13.6. The highest BCUT2D eigenvalue weighted by molar-refractivity contribution is 7.47. The Morgan fingerprint density at radius 3 is 0.758 bits per heavy atom. The first kappa shape index (κ1) is 61.0. The number of esters is 2. The maximum atomic E-state index is 12.4. The summed E-state index contributed by atoms with van der Waals surface area (Å²) in [5.74, 6) is -0.999. The Balaban J connectivity index is 3.75. The molecule has 0 radical (unpaired) electrons. The van der Waals surface area contributed by atoms with E-state index >= 15 is 0 Å². The summed E-state index contributed by atoms with van der Waals surface area (Å²) in [4.78, 5) is 34.7. The van der Waals surface area contributed by atoms with Crippen LogP contribution in [0.4, 0.5) is 0 Å². The molecule has 11 heteroatoms. The van der Waals surface area contributed by atoms with Crippen LogP contribution in [0.1, 0.15) is 277 Å². The lowest BCUT2D eigenvalue weighted by Gasteiger charge is -2.20. The Morgan fingerprint density at radius 2 is 0.565 bits per heavy atom. The molecule has 0 saturated heterocycles. The van der Waals surface area contributed by atoms with E-state index in [1.165, 1.54) is 199 Å². The zero-order valence-electron chi connectivity index (χ0n) is 40.6. The molecule has 3 atom stereocenters. The van der Waals surface area contributed by atoms with Crippen molar-refractivity contribution in [2.45, 2.75) is 289 Å². The van der Waals surface area contributed by atoms with E-state index in [-0.39, 0.29) is 12.8 Å². The van der Waals surface area contributed by atoms with Crippen LogP contribution in [-0.2, 0) is 32.7 Å². The van der Waals surface area contributed by atoms with Gasteiger partial charge in [0.05, 0.1) is 26.4 Å². The number of aliphatic hydroxyl groups is 2. The molecule has 3 N–H and O–H groups in total. The first-order chi connectivity index (χ1) is 30.3. The van der Waals surface area contributed by atoms with Gasteiger partial charge < -0.3 is 24.6 Å². The fourth-order valence-electron chi connectivity index (χ4n) is 8.00. The van der Waals surface area contributed by atoms with Gasteiger partial charge in [-0.2, -0.15) is 0 Å². The van der Waals surface area contributed by atoms with Crippen molar-refractivity contribution >= 4 is 19.8 Å². The number of hydrogen-bond donors (Lipinski definition) is 3. The van der Waals surface area contributed by atoms with Crippen molar-refractivity contribution < 1.29 is 47.8 Å². The van der Waals surface area contributed by atoms with Gasteiger partial charge in [0.1, 0.15) is 12.2 Å². The minimum Gasteiger partial charge on any atom is -0.457 e. The standard InChI is InChI=1S/C51H101O10P/c1-3-5-7-9-11-13-15-17-19-20-21-22-23-24-25-26-27-29-31-33-35-37-39-41-43-51(55)61-49(45-53)47-59-62(56,57)58-46-48(44-52)60-50(54)42-40-38-36-34-32-30-28-18-16-14-12-10-8-6-4-2/h48-49,52-53H,3-47H2,1-2H3,(H,56,57). The zero-order chi connectivity index (χ0) is 45.5. The van der Waals surface area contributed by atoms with Crippen LogP contribution in [0.3, 0.4) is 0 Å². The summed E-state index contributed by atoms with van der Waals surface area (Å²) in [6.07, 6.45) is 48.0. The number of rotatable bonds is 51. The van der Waals surface area contributed by atoms with E-state index in [9.17, 15) is 29.3 Å². The number of carbonyl (C=O) groups excluding carboxylic acids is 2. The second-order valence-corrected chi connectivity index (χ2v) is 19.7. The van der Waals surface area contributed by atoms with Gasteiger partial charge in [-0.15, -0.1) is 0 Å². The lowest BCUT2D eigenvalue weighted by atomic mass is 10.0. The van der Waals surface area contributed by atoms with Gasteiger partial charge in [0, 0.05) is 12.8 Å². The van der Waals surface area contributed by atoms with Crippen LogP contribution in [0.5, 0.6) is 0 Å². The van der Waals surface area contributed by atoms with E-state index in [0.717, 1.165) is 38.5 Å². The van der Waals surface area contributed by atoms with Gasteiger partial charge in [0.2, 0.25) is 0 Å². The highest BCUT2D eigenvalue weighted by atomic mass is 31.2. The van der Waals surface area contributed by atoms with Crippen LogP contribution in [0.25, 0.3) is 0 Å². The van der Waals surface area contributed by atoms with Crippen LogP contribution in [0.15, 0.2) is 0 Å². The smallest absolute Gasteiger partial charge is 0.457 e. The van der Waals surface area contributed by atoms with Crippen molar-refractivity contribution in [3.05, 3.63) is 0 Å². The van der Waals surface area contributed by atoms with Gasteiger partial charge in [-0.25, -0.2) is 4.57 Å². The fourth-order valence-corrected chi connectivity index (χ4v) is 8.79. The van der Waals surface area contributed by atoms with Crippen LogP contribution in [0.2, 0.25) is 0 Å². The molecule has 0 amide bonds. The van der Waals surface area contributed by atoms with Gasteiger partial charge in [0.25, 0.3) is 0 Å². The molecule has 3 unspecified atom stereocenters. The average Bonchev–Trinajstić information content (AvgIpc) is 3.26. The Kier molecular flexibility index (Phi) is 47.1. The van der Waals surface area contributed by atoms with Crippen LogP contribution in [-0.4, -0.2) is 65.7 Å². The molecule has 0 bridgehead atoms. The largest absolute Gasteiger partial charge is 0.472 e. The van der Waals surface area contributed by atoms with E-state index in [0.29, 0.717) is 12.8 Å². The number of carbonyl (C=O) groups is 2. The number of hydrogen-bond acceptors (Lipinski definition) is 9. The summed E-state index contributed by atoms with van der Waals surface area (Å²) in [6.45, 7) is 2.28. The Hall–Kier alpha value is -1.03. The van der Waals surface area contributed by atoms with E-state index in [4.69, 9.17) is 18.5 Å². The highest BCUT2D eigenvalue weighted by Gasteiger charge is 2.27. The molecule has 0 spiro atoms. The van der Waals surface area contributed by atoms with Crippen LogP contribution < -0.4 is 0 Å². The molecule has 0 aromatic rings. The van der Waals surface area contributed by atoms with Crippen molar-refractivity contribution in [3.63, 3.8) is 0 Å². The first-order valence-electron chi connectivity index (χ1n) is 26.5. The molecule has 10 nitrogen and oxygen atoms in total. The Bertz CT molecular complexity index is 998. The van der Waals surface area contributed by atoms with Crippen molar-refractivity contribution in [2.24, 2.45) is 0 Å². The maximum absolute atomic E-state index is 12.4. The first-order valence-corrected chi connectivity index (χ1v) is 28.0. The topological polar surface area (TPSA) is 149 Å². The number of ether oxygens (including phenoxy) is 2. The second-order valence-electron chi connectivity index (χ2n) is 18.2. The van der Waals surface area contributed by atoms with Crippen molar-refractivity contribution in [1.82, 2.24) is 0 Å². The number of phosphoric acid groups is 1. The summed E-state index contributed by atoms with van der Waals surface area (Å²) >= 11 is 0. The second kappa shape index (κ2) is 47.9. The van der Waals surface area contributed by atoms with E-state index in [1.54, 1.807) is 0 Å². The van der Waals surface area contributed by atoms with Crippen LogP contribution in [0, 0.1) is 0 Å². The van der Waals surface area contributed by atoms with Gasteiger partial charge in [-0.1, -0.05) is 251 Å². The van der Waals surface area contributed by atoms with Gasteiger partial charge in [-0.05, 0) is 12.8 Å². The third-order valence-electron chi connectivity index (χ3n) is 12.1. The Labute approximate surface area is 382 Å². The SMILES string of the molecule is CCCCCCCCCCCCCCCCCCCCCCCCCCC(=O)OC(CO)COP(=O)(O)OCC(CO)OC(=O)CCCCCCCCCCCCCCCCC. The molecule has 62 heavy (non-hydrogen) atoms. The number of aliphatic hydroxyl groups excluding tert-OH is 2. The number of phosphoric ester groups is 1. The van der Waals surface area contributed by atoms with Crippen molar-refractivity contribution in [3.8, 4) is 0 Å². The third kappa shape index (κ3) is 45.5. The van der Waals surface area contributed by atoms with Gasteiger partial charge >= 0.3 is 19.8 Å². The quantitative estimate of drug-likeness (QED) is 0.0306. The molecule has 0 aromatic carbocycles. The molecular weight excluding hydrogens is 804 g/mol. The zero-order valence-corrected chi connectivity index (χ0v) is 41.5. The molecular formula is C51H101O10P. The van der Waals surface area contributed by atoms with Crippen molar-refractivity contribution in [1.29, 1.82) is 0 Å². The van der Waals surface area contributed by atoms with E-state index in [1.807, 2.05) is 0 Å². The minimum absolute atomic E-state index is 0.200. The molecule has 0 heterocycles. The summed E-state index contributed by atoms with van der Waals surface area (Å²) < 4.78 is 32.7. The van der Waals surface area contributed by atoms with E-state index in [2.05, 4.69) is 13.8 Å². The summed E-state index contributed by atoms with van der Waals surface area (Å²) in [7, 11) is -4.63. The summed E-state index contributed by atoms with van der Waals surface area (Å²) in [5, 5.41) is 19.2. The predicted molar refractivity (Wildman–Crippen MR) is 256 cm³/mol. The molecule has 0 rings (SSSR count). The van der Waals surface area contributed by atoms with Crippen LogP contribution >= 0.6 is 7.82 Å². The van der Waals surface area contributed by atoms with E-state index < -0.39 is 58.4 Å². The lowest BCUT2D eigenvalue weighted by molar-refractivity contribution is -0.153. The maximum Gasteiger partial charge on any atom is 0.472 e. The third-order valence-corrected chi connectivity index (χ3v) is 13.0. The van der Waals surface area contributed by atoms with Crippen molar-refractivity contribution in [2.75, 3.05) is 26.4 Å². The molecule has 370 valence electrons. The lowest BCUT2D eigenvalue weighted by Crippen LogP contribution is -2.28. The molecule has 0 aliphatic heterocycles. The van der Waals surface area contributed by atoms with Gasteiger partial charge in [0.15, 0.2) is 0 Å². The average molecular weight is 905 g/mol. The summed E-state index contributed by atoms with van der Waals surface area (Å²) in [5.41, 5.74) is 0. The molecule has 0 aliphatic carbocycles. The molecule has 0 fully saturated rings. The molecule has 0 aromatic heterocycles. The fraction of sp³-hybridized carbons (Fsp3) is 0.961. The van der Waals surface area contributed by atoms with Gasteiger partial charge in [-0.3, -0.25) is 18.6 Å². The Morgan fingerprint density at radius 1 is 0.371 bits per heavy atom. The monoisotopic (exact) mass is 905 g/mol. The molecule has 0 aliphatic rings. The highest BCUT2D eigenvalue weighted by Crippen LogP contribution is 2.43. The summed E-state index contributed by atoms with van der Waals surface area (Å²) in [6, 6.07) is 0. The number of unbranched alkanes of at least 4 members (excludes halogenated alkanes) is 37. The minimum atomic E-state index is -4.63. The predicted octanol–water partition coefficient (Wildman–Crippen LogP) is 15.0.